The van der Waals surface area contributed by atoms with Crippen molar-refractivity contribution < 1.29 is 17.9 Å². The molecule has 0 rings (SSSR count). The second-order valence-corrected chi connectivity index (χ2v) is 5.65. The van der Waals surface area contributed by atoms with E-state index in [1.807, 2.05) is 0 Å². The first kappa shape index (κ1) is 14.3. The van der Waals surface area contributed by atoms with Crippen molar-refractivity contribution in [3.05, 3.63) is 0 Å². The summed E-state index contributed by atoms with van der Waals surface area (Å²) < 4.78 is 26.7. The molecule has 1 amide bonds. The van der Waals surface area contributed by atoms with Gasteiger partial charge < -0.3 is 15.8 Å². The predicted octanol–water partition coefficient (Wildman–Crippen LogP) is -1.49. The molecule has 0 aromatic rings. The largest absolute Gasteiger partial charge is 0.370 e. The zero-order valence-corrected chi connectivity index (χ0v) is 9.84. The van der Waals surface area contributed by atoms with Gasteiger partial charge in [-0.25, -0.2) is 8.42 Å². The molecule has 0 saturated carbocycles. The van der Waals surface area contributed by atoms with Crippen LogP contribution in [0.5, 0.6) is 0 Å². The van der Waals surface area contributed by atoms with Crippen LogP contribution >= 0.6 is 0 Å². The molecule has 15 heavy (non-hydrogen) atoms. The third kappa shape index (κ3) is 11.3. The molecule has 0 aliphatic rings. The number of ether oxygens (including phenoxy) is 1. The molecular weight excluding hydrogens is 220 g/mol. The third-order valence-electron chi connectivity index (χ3n) is 1.54. The Hall–Kier alpha value is -0.660. The van der Waals surface area contributed by atoms with E-state index < -0.39 is 15.7 Å². The fourth-order valence-electron chi connectivity index (χ4n) is 1.06. The normalized spacial score (nSPS) is 13.7. The van der Waals surface area contributed by atoms with Crippen molar-refractivity contribution >= 4 is 15.7 Å². The quantitative estimate of drug-likeness (QED) is 0.502. The molecule has 0 bridgehead atoms. The fraction of sp³-hybridized carbons (Fsp3) is 0.875. The molecule has 0 fully saturated rings. The van der Waals surface area contributed by atoms with Crippen molar-refractivity contribution in [1.82, 2.24) is 5.32 Å². The van der Waals surface area contributed by atoms with Crippen LogP contribution in [0.1, 0.15) is 6.92 Å². The first-order valence-electron chi connectivity index (χ1n) is 4.58. The molecule has 6 nitrogen and oxygen atoms in total. The topological polar surface area (TPSA) is 98.5 Å². The SMILES string of the molecule is CC(CS(C)(=O)=O)NCCOCC(N)=O. The van der Waals surface area contributed by atoms with Crippen LogP contribution < -0.4 is 11.1 Å². The Morgan fingerprint density at radius 2 is 2.13 bits per heavy atom. The maximum Gasteiger partial charge on any atom is 0.243 e. The Morgan fingerprint density at radius 1 is 1.53 bits per heavy atom. The maximum atomic E-state index is 10.9. The highest BCUT2D eigenvalue weighted by molar-refractivity contribution is 7.90. The minimum atomic E-state index is -2.96. The number of amides is 1. The first-order valence-corrected chi connectivity index (χ1v) is 6.64. The monoisotopic (exact) mass is 238 g/mol. The van der Waals surface area contributed by atoms with Gasteiger partial charge in [-0.1, -0.05) is 0 Å². The van der Waals surface area contributed by atoms with Crippen molar-refractivity contribution in [1.29, 1.82) is 0 Å². The van der Waals surface area contributed by atoms with Crippen LogP contribution in [0, 0.1) is 0 Å². The second kappa shape index (κ2) is 6.76. The van der Waals surface area contributed by atoms with Crippen molar-refractivity contribution in [2.75, 3.05) is 31.8 Å². The summed E-state index contributed by atoms with van der Waals surface area (Å²) in [6.07, 6.45) is 1.19. The van der Waals surface area contributed by atoms with Gasteiger partial charge in [0, 0.05) is 18.8 Å². The van der Waals surface area contributed by atoms with Gasteiger partial charge in [0.2, 0.25) is 5.91 Å². The number of primary amides is 1. The molecule has 0 saturated heterocycles. The number of hydrogen-bond acceptors (Lipinski definition) is 5. The minimum absolute atomic E-state index is 0.0861. The number of carbonyl (C=O) groups excluding carboxylic acids is 1. The lowest BCUT2D eigenvalue weighted by Crippen LogP contribution is -2.35. The van der Waals surface area contributed by atoms with E-state index in [1.54, 1.807) is 6.92 Å². The molecule has 90 valence electrons. The van der Waals surface area contributed by atoms with E-state index in [4.69, 9.17) is 10.5 Å². The second-order valence-electron chi connectivity index (χ2n) is 3.47. The van der Waals surface area contributed by atoms with Crippen LogP contribution in [-0.4, -0.2) is 52.1 Å². The van der Waals surface area contributed by atoms with Gasteiger partial charge in [0.15, 0.2) is 0 Å². The van der Waals surface area contributed by atoms with Crippen LogP contribution in [0.2, 0.25) is 0 Å². The maximum absolute atomic E-state index is 10.9. The number of sulfone groups is 1. The van der Waals surface area contributed by atoms with Crippen molar-refractivity contribution in [3.63, 3.8) is 0 Å². The van der Waals surface area contributed by atoms with Gasteiger partial charge in [-0.3, -0.25) is 4.79 Å². The molecule has 1 unspecified atom stereocenters. The van der Waals surface area contributed by atoms with Crippen LogP contribution in [0.25, 0.3) is 0 Å². The van der Waals surface area contributed by atoms with Gasteiger partial charge in [0.1, 0.15) is 16.4 Å². The minimum Gasteiger partial charge on any atom is -0.370 e. The van der Waals surface area contributed by atoms with E-state index >= 15 is 0 Å². The molecule has 0 heterocycles. The molecule has 0 aliphatic heterocycles. The highest BCUT2D eigenvalue weighted by Gasteiger charge is 2.09. The molecule has 0 aromatic heterocycles. The summed E-state index contributed by atoms with van der Waals surface area (Å²) in [4.78, 5) is 10.3. The standard InChI is InChI=1S/C8H18N2O4S/c1-7(6-15(2,12)13)10-3-4-14-5-8(9)11/h7,10H,3-6H2,1-2H3,(H2,9,11). The average molecular weight is 238 g/mol. The van der Waals surface area contributed by atoms with Crippen LogP contribution in [-0.2, 0) is 19.4 Å². The zero-order chi connectivity index (χ0) is 11.9. The zero-order valence-electron chi connectivity index (χ0n) is 9.02. The summed E-state index contributed by atoms with van der Waals surface area (Å²) in [6.45, 7) is 2.48. The van der Waals surface area contributed by atoms with Gasteiger partial charge in [-0.2, -0.15) is 0 Å². The number of nitrogens with two attached hydrogens (primary N) is 1. The van der Waals surface area contributed by atoms with Gasteiger partial charge in [-0.15, -0.1) is 0 Å². The molecule has 1 atom stereocenters. The number of nitrogens with one attached hydrogen (secondary N) is 1. The highest BCUT2D eigenvalue weighted by Crippen LogP contribution is 1.89. The van der Waals surface area contributed by atoms with Gasteiger partial charge in [0.25, 0.3) is 0 Å². The lowest BCUT2D eigenvalue weighted by molar-refractivity contribution is -0.122. The Morgan fingerprint density at radius 3 is 2.60 bits per heavy atom. The van der Waals surface area contributed by atoms with E-state index in [0.29, 0.717) is 13.2 Å². The van der Waals surface area contributed by atoms with Crippen LogP contribution in [0.15, 0.2) is 0 Å². The van der Waals surface area contributed by atoms with Gasteiger partial charge >= 0.3 is 0 Å². The van der Waals surface area contributed by atoms with E-state index in [1.165, 1.54) is 6.26 Å². The van der Waals surface area contributed by atoms with Gasteiger partial charge in [0.05, 0.1) is 12.4 Å². The van der Waals surface area contributed by atoms with Gasteiger partial charge in [-0.05, 0) is 6.92 Å². The lowest BCUT2D eigenvalue weighted by atomic mass is 10.4. The van der Waals surface area contributed by atoms with Crippen molar-refractivity contribution in [3.8, 4) is 0 Å². The van der Waals surface area contributed by atoms with E-state index in [2.05, 4.69) is 5.32 Å². The molecule has 0 spiro atoms. The molecule has 0 aromatic carbocycles. The van der Waals surface area contributed by atoms with E-state index in [-0.39, 0.29) is 18.4 Å². The smallest absolute Gasteiger partial charge is 0.243 e. The average Bonchev–Trinajstić information content (AvgIpc) is 1.99. The summed E-state index contributed by atoms with van der Waals surface area (Å²) >= 11 is 0. The number of rotatable bonds is 8. The first-order chi connectivity index (χ1) is 6.81. The van der Waals surface area contributed by atoms with Crippen molar-refractivity contribution in [2.24, 2.45) is 5.73 Å². The Kier molecular flexibility index (Phi) is 6.46. The lowest BCUT2D eigenvalue weighted by Gasteiger charge is -2.12. The van der Waals surface area contributed by atoms with E-state index in [0.717, 1.165) is 0 Å². The molecular formula is C8H18N2O4S. The third-order valence-corrected chi connectivity index (χ3v) is 2.64. The van der Waals surface area contributed by atoms with Crippen LogP contribution in [0.4, 0.5) is 0 Å². The van der Waals surface area contributed by atoms with Crippen LogP contribution in [0.3, 0.4) is 0 Å². The number of hydrogen-bond donors (Lipinski definition) is 2. The Bertz CT molecular complexity index is 289. The molecule has 3 N–H and O–H groups in total. The predicted molar refractivity (Wildman–Crippen MR) is 57.2 cm³/mol. The van der Waals surface area contributed by atoms with E-state index in [9.17, 15) is 13.2 Å². The molecule has 0 aliphatic carbocycles. The number of carbonyl (C=O) groups is 1. The summed E-state index contributed by atoms with van der Waals surface area (Å²) in [7, 11) is -2.96. The Labute approximate surface area is 90.1 Å². The molecule has 0 radical (unpaired) electrons. The Balaban J connectivity index is 3.47. The highest BCUT2D eigenvalue weighted by atomic mass is 32.2. The summed E-state index contributed by atoms with van der Waals surface area (Å²) in [5, 5.41) is 2.96. The summed E-state index contributed by atoms with van der Waals surface area (Å²) in [6, 6.07) is -0.128. The summed E-state index contributed by atoms with van der Waals surface area (Å²) in [5.74, 6) is -0.429. The van der Waals surface area contributed by atoms with Crippen molar-refractivity contribution in [2.45, 2.75) is 13.0 Å². The fourth-order valence-corrected chi connectivity index (χ4v) is 2.09. The molecule has 7 heteroatoms. The summed E-state index contributed by atoms with van der Waals surface area (Å²) in [5.41, 5.74) is 4.85.